The van der Waals surface area contributed by atoms with Gasteiger partial charge in [-0.1, -0.05) is 25.4 Å². The summed E-state index contributed by atoms with van der Waals surface area (Å²) >= 11 is 6.21. The summed E-state index contributed by atoms with van der Waals surface area (Å²) in [5, 5.41) is 2.77. The maximum Gasteiger partial charge on any atom is 0.255 e. The van der Waals surface area contributed by atoms with Gasteiger partial charge in [-0.05, 0) is 43.4 Å². The molecule has 8 heteroatoms. The molecule has 0 unspecified atom stereocenters. The highest BCUT2D eigenvalue weighted by Gasteiger charge is 2.21. The van der Waals surface area contributed by atoms with Crippen molar-refractivity contribution in [3.8, 4) is 0 Å². The molecule has 6 nitrogen and oxygen atoms in total. The summed E-state index contributed by atoms with van der Waals surface area (Å²) in [5.74, 6) is -1.38. The summed E-state index contributed by atoms with van der Waals surface area (Å²) in [7, 11) is -3.45. The van der Waals surface area contributed by atoms with E-state index in [4.69, 9.17) is 11.6 Å². The number of rotatable bonds is 6. The quantitative estimate of drug-likeness (QED) is 0.795. The molecule has 2 amide bonds. The highest BCUT2D eigenvalue weighted by molar-refractivity contribution is 7.92. The molecule has 0 aromatic heterocycles. The van der Waals surface area contributed by atoms with Gasteiger partial charge in [0.2, 0.25) is 5.91 Å². The smallest absolute Gasteiger partial charge is 0.255 e. The number of anilines is 1. The van der Waals surface area contributed by atoms with Gasteiger partial charge in [-0.25, -0.2) is 8.42 Å². The van der Waals surface area contributed by atoms with E-state index in [9.17, 15) is 18.0 Å². The number of nitrogens with zero attached hydrogens (tertiary/aromatic N) is 1. The second-order valence-corrected chi connectivity index (χ2v) is 9.56. The number of carbonyl (C=O) groups excluding carboxylic acids is 2. The molecule has 26 heavy (non-hydrogen) atoms. The highest BCUT2D eigenvalue weighted by atomic mass is 35.5. The molecule has 1 N–H and O–H groups in total. The number of carbonyl (C=O) groups is 2. The number of likely N-dealkylation sites (tertiary alicyclic amines) is 1. The fourth-order valence-electron chi connectivity index (χ4n) is 3.00. The molecular weight excluding hydrogens is 376 g/mol. The summed E-state index contributed by atoms with van der Waals surface area (Å²) < 4.78 is 23.8. The first kappa shape index (κ1) is 20.7. The largest absolute Gasteiger partial charge is 0.339 e. The zero-order valence-corrected chi connectivity index (χ0v) is 16.7. The topological polar surface area (TPSA) is 83.5 Å². The van der Waals surface area contributed by atoms with Crippen molar-refractivity contribution in [2.45, 2.75) is 33.1 Å². The van der Waals surface area contributed by atoms with Crippen molar-refractivity contribution >= 4 is 38.9 Å². The van der Waals surface area contributed by atoms with Gasteiger partial charge >= 0.3 is 0 Å². The third kappa shape index (κ3) is 5.99. The van der Waals surface area contributed by atoms with Crippen LogP contribution >= 0.6 is 11.6 Å². The van der Waals surface area contributed by atoms with Crippen LogP contribution in [0, 0.1) is 5.92 Å². The van der Waals surface area contributed by atoms with E-state index in [0.717, 1.165) is 32.4 Å². The normalized spacial score (nSPS) is 15.2. The average molecular weight is 401 g/mol. The minimum Gasteiger partial charge on any atom is -0.339 e. The van der Waals surface area contributed by atoms with E-state index in [-0.39, 0.29) is 22.6 Å². The molecule has 0 radical (unpaired) electrons. The van der Waals surface area contributed by atoms with Gasteiger partial charge < -0.3 is 10.2 Å². The minimum atomic E-state index is -3.45. The Bertz CT molecular complexity index is 771. The van der Waals surface area contributed by atoms with Gasteiger partial charge in [-0.2, -0.15) is 0 Å². The third-order valence-electron chi connectivity index (χ3n) is 4.06. The second-order valence-electron chi connectivity index (χ2n) is 7.04. The van der Waals surface area contributed by atoms with Crippen LogP contribution in [0.3, 0.4) is 0 Å². The van der Waals surface area contributed by atoms with Crippen molar-refractivity contribution in [1.82, 2.24) is 4.90 Å². The number of piperidine rings is 1. The molecule has 1 aromatic carbocycles. The van der Waals surface area contributed by atoms with E-state index in [1.807, 2.05) is 0 Å². The zero-order valence-electron chi connectivity index (χ0n) is 15.1. The Morgan fingerprint density at radius 1 is 1.19 bits per heavy atom. The fraction of sp³-hybridized carbons (Fsp3) is 0.556. The maximum absolute atomic E-state index is 12.5. The molecular formula is C18H25ClN2O4S. The summed E-state index contributed by atoms with van der Waals surface area (Å²) in [6, 6.07) is 4.61. The van der Waals surface area contributed by atoms with Crippen molar-refractivity contribution in [1.29, 1.82) is 0 Å². The standard InChI is InChI=1S/C18H25ClN2O4S/c1-13(2)11-26(24,25)12-17(22)20-14-6-7-15(16(19)10-14)18(23)21-8-4-3-5-9-21/h6-7,10,13H,3-5,8-9,11-12H2,1-2H3,(H,20,22). The number of hydrogen-bond acceptors (Lipinski definition) is 4. The number of halogens is 1. The van der Waals surface area contributed by atoms with Crippen LogP contribution in [0.2, 0.25) is 5.02 Å². The number of nitrogens with one attached hydrogen (secondary N) is 1. The maximum atomic E-state index is 12.5. The van der Waals surface area contributed by atoms with Gasteiger partial charge in [0.25, 0.3) is 5.91 Å². The van der Waals surface area contributed by atoms with E-state index in [1.165, 1.54) is 6.07 Å². The minimum absolute atomic E-state index is 0.0373. The van der Waals surface area contributed by atoms with Crippen molar-refractivity contribution < 1.29 is 18.0 Å². The number of amides is 2. The van der Waals surface area contributed by atoms with Crippen LogP contribution in [0.5, 0.6) is 0 Å². The average Bonchev–Trinajstić information content (AvgIpc) is 2.53. The predicted molar refractivity (Wildman–Crippen MR) is 103 cm³/mol. The lowest BCUT2D eigenvalue weighted by atomic mass is 10.1. The van der Waals surface area contributed by atoms with Crippen LogP contribution in [0.1, 0.15) is 43.5 Å². The molecule has 1 aromatic rings. The van der Waals surface area contributed by atoms with E-state index < -0.39 is 21.5 Å². The lowest BCUT2D eigenvalue weighted by molar-refractivity contribution is -0.113. The molecule has 0 spiro atoms. The summed E-state index contributed by atoms with van der Waals surface area (Å²) in [5.41, 5.74) is 0.758. The number of benzene rings is 1. The van der Waals surface area contributed by atoms with Gasteiger partial charge in [0.15, 0.2) is 9.84 Å². The van der Waals surface area contributed by atoms with Crippen molar-refractivity contribution in [2.24, 2.45) is 5.92 Å². The molecule has 0 aliphatic carbocycles. The Morgan fingerprint density at radius 2 is 1.85 bits per heavy atom. The predicted octanol–water partition coefficient (Wildman–Crippen LogP) is 2.98. The molecule has 144 valence electrons. The van der Waals surface area contributed by atoms with E-state index in [2.05, 4.69) is 5.32 Å². The molecule has 0 atom stereocenters. The second kappa shape index (κ2) is 8.86. The van der Waals surface area contributed by atoms with Crippen molar-refractivity contribution in [3.63, 3.8) is 0 Å². The van der Waals surface area contributed by atoms with Gasteiger partial charge in [-0.3, -0.25) is 9.59 Å². The Hall–Kier alpha value is -1.60. The lowest BCUT2D eigenvalue weighted by Gasteiger charge is -2.27. The molecule has 2 rings (SSSR count). The van der Waals surface area contributed by atoms with Gasteiger partial charge in [0.05, 0.1) is 16.3 Å². The lowest BCUT2D eigenvalue weighted by Crippen LogP contribution is -2.35. The van der Waals surface area contributed by atoms with Crippen molar-refractivity contribution in [3.05, 3.63) is 28.8 Å². The highest BCUT2D eigenvalue weighted by Crippen LogP contribution is 2.24. The number of sulfone groups is 1. The summed E-state index contributed by atoms with van der Waals surface area (Å²) in [6.07, 6.45) is 3.10. The fourth-order valence-corrected chi connectivity index (χ4v) is 4.86. The molecule has 1 heterocycles. The first-order chi connectivity index (χ1) is 12.2. The van der Waals surface area contributed by atoms with E-state index >= 15 is 0 Å². The van der Waals surface area contributed by atoms with E-state index in [1.54, 1.807) is 30.9 Å². The van der Waals surface area contributed by atoms with Crippen LogP contribution in [0.25, 0.3) is 0 Å². The number of hydrogen-bond donors (Lipinski definition) is 1. The molecule has 0 bridgehead atoms. The Balaban J connectivity index is 2.02. The first-order valence-corrected chi connectivity index (χ1v) is 11.0. The summed E-state index contributed by atoms with van der Waals surface area (Å²) in [4.78, 5) is 26.3. The van der Waals surface area contributed by atoms with Crippen LogP contribution in [-0.4, -0.2) is 49.7 Å². The first-order valence-electron chi connectivity index (χ1n) is 8.77. The molecule has 1 saturated heterocycles. The zero-order chi connectivity index (χ0) is 19.3. The Kier molecular flexibility index (Phi) is 7.06. The molecule has 0 saturated carbocycles. The molecule has 1 aliphatic heterocycles. The monoisotopic (exact) mass is 400 g/mol. The van der Waals surface area contributed by atoms with Gasteiger partial charge in [0.1, 0.15) is 5.75 Å². The van der Waals surface area contributed by atoms with E-state index in [0.29, 0.717) is 11.3 Å². The molecule has 1 aliphatic rings. The Labute approximate surface area is 159 Å². The van der Waals surface area contributed by atoms with Crippen LogP contribution in [-0.2, 0) is 14.6 Å². The third-order valence-corrected chi connectivity index (χ3v) is 6.25. The summed E-state index contributed by atoms with van der Waals surface area (Å²) in [6.45, 7) is 5.02. The Morgan fingerprint density at radius 3 is 2.42 bits per heavy atom. The van der Waals surface area contributed by atoms with Crippen LogP contribution in [0.4, 0.5) is 5.69 Å². The van der Waals surface area contributed by atoms with Crippen LogP contribution in [0.15, 0.2) is 18.2 Å². The SMILES string of the molecule is CC(C)CS(=O)(=O)CC(=O)Nc1ccc(C(=O)N2CCCCC2)c(Cl)c1. The van der Waals surface area contributed by atoms with Crippen molar-refractivity contribution in [2.75, 3.05) is 29.9 Å². The molecule has 1 fully saturated rings. The van der Waals surface area contributed by atoms with Crippen LogP contribution < -0.4 is 5.32 Å². The van der Waals surface area contributed by atoms with Gasteiger partial charge in [0, 0.05) is 18.8 Å². The van der Waals surface area contributed by atoms with Gasteiger partial charge in [-0.15, -0.1) is 0 Å².